The van der Waals surface area contributed by atoms with Crippen molar-refractivity contribution in [1.29, 1.82) is 0 Å². The number of thiophene rings is 2. The molecule has 71 heavy (non-hydrogen) atoms. The average Bonchev–Trinajstić information content (AvgIpc) is 4.12. The number of pyridine rings is 4. The van der Waals surface area contributed by atoms with Gasteiger partial charge in [-0.25, -0.2) is 4.98 Å². The first-order chi connectivity index (χ1) is 34.0. The molecule has 0 spiro atoms. The Kier molecular flexibility index (Phi) is 19.4. The minimum Gasteiger partial charge on any atom is -0.753 e. The van der Waals surface area contributed by atoms with Gasteiger partial charge in [0.25, 0.3) is 12.9 Å². The maximum absolute atomic E-state index is 12.6. The van der Waals surface area contributed by atoms with Gasteiger partial charge in [0.05, 0.1) is 37.4 Å². The van der Waals surface area contributed by atoms with Crippen LogP contribution in [0.15, 0.2) is 73.2 Å². The summed E-state index contributed by atoms with van der Waals surface area (Å²) < 4.78 is 72.2. The van der Waals surface area contributed by atoms with Crippen molar-refractivity contribution in [3.05, 3.63) is 94.7 Å². The number of alkyl halides is 3. The number of unbranched alkanes of at least 4 members (excludes halogenated alkanes) is 1. The quantitative estimate of drug-likeness (QED) is 0.0384. The maximum Gasteiger partial charge on any atom is 2.00 e. The number of isothiocyanates is 1. The molecule has 22 heteroatoms. The number of aryl methyl sites for hydroxylation is 2. The maximum atomic E-state index is 12.6. The van der Waals surface area contributed by atoms with E-state index in [9.17, 15) is 22.8 Å². The number of hydrogen-bond donors (Lipinski definition) is 0. The number of rotatable bonds is 16. The molecule has 1 unspecified atom stereocenters. The molecular weight excluding hydrogens is 1070 g/mol. The SMILES string of the molecule is CCCCC(CC)CCc1ccnc(-c2cc(C(F)(F)F)n[n-]2)c1.Cc1sc(-c2sc(-c3ccnc(-c4cc(OC=O)cc(-c5cc(OC=O)ccn5)n4)c3)c3c2OCCO3)c2c1OCCO2.[N-]=C=S.[Ru+2]. The van der Waals surface area contributed by atoms with Crippen molar-refractivity contribution in [1.82, 2.24) is 30.1 Å². The Balaban J connectivity index is 0.000000251. The summed E-state index contributed by atoms with van der Waals surface area (Å²) in [4.78, 5) is 43.6. The minimum atomic E-state index is -4.48. The van der Waals surface area contributed by atoms with Crippen LogP contribution in [0, 0.1) is 12.8 Å². The van der Waals surface area contributed by atoms with Crippen LogP contribution in [-0.4, -0.2) is 69.6 Å². The molecular formula is C49H44F3N7O8RuS3. The summed E-state index contributed by atoms with van der Waals surface area (Å²) in [6, 6.07) is 14.7. The fraction of sp³-hybridized carbons (Fsp3) is 0.306. The van der Waals surface area contributed by atoms with Crippen molar-refractivity contribution < 1.29 is 70.7 Å². The van der Waals surface area contributed by atoms with Gasteiger partial charge in [0.2, 0.25) is 0 Å². The average molecular weight is 1110 g/mol. The predicted octanol–water partition coefficient (Wildman–Crippen LogP) is 11.5. The van der Waals surface area contributed by atoms with Crippen LogP contribution in [0.25, 0.3) is 59.8 Å². The van der Waals surface area contributed by atoms with Gasteiger partial charge in [0, 0.05) is 47.4 Å². The Morgan fingerprint density at radius 1 is 0.761 bits per heavy atom. The van der Waals surface area contributed by atoms with Crippen molar-refractivity contribution in [2.75, 3.05) is 26.4 Å². The van der Waals surface area contributed by atoms with E-state index in [2.05, 4.69) is 51.2 Å². The monoisotopic (exact) mass is 1110 g/mol. The van der Waals surface area contributed by atoms with Gasteiger partial charge in [-0.05, 0) is 73.2 Å². The number of fused-ring (bicyclic) bond motifs is 2. The summed E-state index contributed by atoms with van der Waals surface area (Å²) in [5.41, 5.74) is 3.32. The van der Waals surface area contributed by atoms with Crippen LogP contribution >= 0.6 is 34.9 Å². The normalized spacial score (nSPS) is 12.6. The first-order valence-corrected chi connectivity index (χ1v) is 24.0. The molecule has 2 aliphatic heterocycles. The van der Waals surface area contributed by atoms with Gasteiger partial charge in [-0.2, -0.15) is 18.3 Å². The van der Waals surface area contributed by atoms with Crippen LogP contribution in [0.5, 0.6) is 34.5 Å². The Morgan fingerprint density at radius 3 is 1.96 bits per heavy atom. The van der Waals surface area contributed by atoms with E-state index in [1.807, 2.05) is 31.2 Å². The van der Waals surface area contributed by atoms with Crippen molar-refractivity contribution in [3.63, 3.8) is 0 Å². The van der Waals surface area contributed by atoms with E-state index in [4.69, 9.17) is 38.8 Å². The van der Waals surface area contributed by atoms with E-state index in [0.717, 1.165) is 67.5 Å². The fourth-order valence-electron chi connectivity index (χ4n) is 7.56. The number of thiocarbonyl (C=S) groups is 1. The zero-order chi connectivity index (χ0) is 49.6. The standard InChI is InChI=1S/C30H21N3O8S2.C18H23F3N3.CNS.Ru/c1-16-24-25(37-7-6-36-24)29(42-16)30-27-26(38-8-9-39-27)28(43-30)17-2-4-31-20(10-17)22-12-19(41-15-35)13-23(33-22)21-11-18(40-14-34)3-5-32-21;1-3-5-6-13(4-2)7-8-14-9-10-22-15(11-14)16-12-17(24-23-16)18(19,20)21;2-1-3;/h2-5,10-15H,6-9H2,1H3;9-13H,3-8H2,1-2H3;;/q;2*-1;+2. The molecule has 370 valence electrons. The second kappa shape index (κ2) is 25.6. The third kappa shape index (κ3) is 13.5. The number of nitrogens with zero attached hydrogens (tertiary/aromatic N) is 7. The second-order valence-corrected chi connectivity index (χ2v) is 17.9. The van der Waals surface area contributed by atoms with E-state index in [-0.39, 0.29) is 30.9 Å². The van der Waals surface area contributed by atoms with Gasteiger partial charge >= 0.3 is 25.7 Å². The fourth-order valence-corrected chi connectivity index (χ4v) is 9.92. The number of hydrogen-bond acceptors (Lipinski definition) is 16. The van der Waals surface area contributed by atoms with Crippen LogP contribution in [0.3, 0.4) is 0 Å². The molecule has 0 amide bonds. The van der Waals surface area contributed by atoms with Crippen molar-refractivity contribution in [2.24, 2.45) is 5.92 Å². The Morgan fingerprint density at radius 2 is 1.32 bits per heavy atom. The number of aromatic nitrogens is 6. The molecule has 0 saturated heterocycles. The summed E-state index contributed by atoms with van der Waals surface area (Å²) in [6.07, 6.45) is 7.13. The summed E-state index contributed by atoms with van der Waals surface area (Å²) in [5, 5.41) is 15.3. The van der Waals surface area contributed by atoms with E-state index < -0.39 is 11.9 Å². The Labute approximate surface area is 432 Å². The molecule has 0 aliphatic carbocycles. The van der Waals surface area contributed by atoms with Gasteiger partial charge in [-0.15, -0.1) is 22.7 Å². The molecule has 0 aromatic carbocycles. The molecule has 0 N–H and O–H groups in total. The van der Waals surface area contributed by atoms with E-state index >= 15 is 0 Å². The van der Waals surface area contributed by atoms with Crippen LogP contribution in [0.4, 0.5) is 13.2 Å². The first kappa shape index (κ1) is 53.9. The number of ether oxygens (including phenoxy) is 6. The molecule has 7 aromatic heterocycles. The smallest absolute Gasteiger partial charge is 0.753 e. The third-order valence-electron chi connectivity index (χ3n) is 10.9. The van der Waals surface area contributed by atoms with Crippen LogP contribution in [0.1, 0.15) is 62.1 Å². The molecule has 9 rings (SSSR count). The van der Waals surface area contributed by atoms with E-state index in [1.54, 1.807) is 59.3 Å². The van der Waals surface area contributed by atoms with Gasteiger partial charge < -0.3 is 44.0 Å². The Hall–Kier alpha value is -6.44. The van der Waals surface area contributed by atoms with Gasteiger partial charge in [-0.1, -0.05) is 57.4 Å². The molecule has 9 heterocycles. The van der Waals surface area contributed by atoms with Crippen LogP contribution in [-0.2, 0) is 41.7 Å². The van der Waals surface area contributed by atoms with E-state index in [1.165, 1.54) is 30.6 Å². The van der Waals surface area contributed by atoms with Crippen LogP contribution < -0.4 is 33.5 Å². The van der Waals surface area contributed by atoms with Gasteiger partial charge in [0.15, 0.2) is 23.0 Å². The summed E-state index contributed by atoms with van der Waals surface area (Å²) in [6.45, 7) is 8.93. The molecule has 0 radical (unpaired) electrons. The summed E-state index contributed by atoms with van der Waals surface area (Å²) in [5.74, 6) is 4.07. The first-order valence-electron chi connectivity index (χ1n) is 22.0. The number of carbonyl (C=O) groups excluding carboxylic acids is 2. The minimum absolute atomic E-state index is 0. The second-order valence-electron chi connectivity index (χ2n) is 15.5. The third-order valence-corrected chi connectivity index (χ3v) is 13.3. The summed E-state index contributed by atoms with van der Waals surface area (Å²) >= 11 is 6.84. The number of halogens is 3. The summed E-state index contributed by atoms with van der Waals surface area (Å²) in [7, 11) is 0. The molecule has 1 atom stereocenters. The Bertz CT molecular complexity index is 2960. The van der Waals surface area contributed by atoms with E-state index in [0.29, 0.717) is 91.0 Å². The largest absolute Gasteiger partial charge is 2.00 e. The van der Waals surface area contributed by atoms with Gasteiger partial charge in [0.1, 0.15) is 43.6 Å². The zero-order valence-corrected chi connectivity index (χ0v) is 42.5. The molecule has 0 bridgehead atoms. The molecule has 0 fully saturated rings. The molecule has 2 aliphatic rings. The van der Waals surface area contributed by atoms with Crippen molar-refractivity contribution in [2.45, 2.75) is 65.5 Å². The molecule has 0 saturated carbocycles. The van der Waals surface area contributed by atoms with Crippen molar-refractivity contribution >= 4 is 53.0 Å². The molecule has 7 aromatic rings. The topological polar surface area (TPSA) is 190 Å². The van der Waals surface area contributed by atoms with Crippen molar-refractivity contribution in [3.8, 4) is 88.9 Å². The number of carbonyl (C=O) groups is 2. The van der Waals surface area contributed by atoms with Crippen LogP contribution in [0.2, 0.25) is 0 Å². The predicted molar refractivity (Wildman–Crippen MR) is 261 cm³/mol. The zero-order valence-electron chi connectivity index (χ0n) is 38.3. The van der Waals surface area contributed by atoms with Gasteiger partial charge in [-0.3, -0.25) is 24.5 Å². The molecule has 15 nitrogen and oxygen atoms in total.